The highest BCUT2D eigenvalue weighted by atomic mass is 19.1. The molecule has 1 saturated carbocycles. The van der Waals surface area contributed by atoms with Crippen molar-refractivity contribution >= 4 is 11.6 Å². The summed E-state index contributed by atoms with van der Waals surface area (Å²) in [5.41, 5.74) is 0.251. The van der Waals surface area contributed by atoms with Crippen LogP contribution >= 0.6 is 0 Å². The summed E-state index contributed by atoms with van der Waals surface area (Å²) in [6, 6.07) is 0.877. The highest BCUT2D eigenvalue weighted by Gasteiger charge is 2.45. The van der Waals surface area contributed by atoms with Gasteiger partial charge in [-0.05, 0) is 31.1 Å². The second-order valence-corrected chi connectivity index (χ2v) is 5.55. The fourth-order valence-electron chi connectivity index (χ4n) is 2.26. The monoisotopic (exact) mass is 269 g/mol. The molecule has 1 aromatic rings. The van der Waals surface area contributed by atoms with Crippen molar-refractivity contribution in [3.63, 3.8) is 0 Å². The van der Waals surface area contributed by atoms with Gasteiger partial charge in [-0.25, -0.2) is 13.8 Å². The van der Waals surface area contributed by atoms with Crippen LogP contribution in [0.4, 0.5) is 20.4 Å². The average Bonchev–Trinajstić information content (AvgIpc) is 3.12. The molecule has 1 aliphatic carbocycles. The van der Waals surface area contributed by atoms with E-state index in [4.69, 9.17) is 0 Å². The molecule has 0 spiro atoms. The van der Waals surface area contributed by atoms with E-state index in [-0.39, 0.29) is 17.1 Å². The summed E-state index contributed by atoms with van der Waals surface area (Å²) in [6.07, 6.45) is 2.31. The van der Waals surface area contributed by atoms with E-state index in [9.17, 15) is 8.78 Å². The van der Waals surface area contributed by atoms with E-state index in [0.29, 0.717) is 19.0 Å². The summed E-state index contributed by atoms with van der Waals surface area (Å²) in [5.74, 6) is -0.518. The molecule has 19 heavy (non-hydrogen) atoms. The van der Waals surface area contributed by atoms with Crippen LogP contribution in [-0.2, 0) is 0 Å². The predicted molar refractivity (Wildman–Crippen MR) is 73.3 cm³/mol. The highest BCUT2D eigenvalue weighted by molar-refractivity contribution is 5.47. The minimum Gasteiger partial charge on any atom is -0.368 e. The van der Waals surface area contributed by atoms with E-state index in [1.807, 2.05) is 6.92 Å². The smallest absolute Gasteiger partial charge is 0.168 e. The van der Waals surface area contributed by atoms with Gasteiger partial charge in [0.05, 0.1) is 0 Å². The third-order valence-corrected chi connectivity index (χ3v) is 4.00. The lowest BCUT2D eigenvalue weighted by molar-refractivity contribution is 0.379. The Balaban J connectivity index is 2.09. The lowest BCUT2D eigenvalue weighted by atomic mass is 9.92. The molecule has 3 nitrogen and oxygen atoms in total. The number of hydrogen-bond donors (Lipinski definition) is 2. The normalized spacial score (nSPS) is 16.5. The molecule has 5 heteroatoms. The van der Waals surface area contributed by atoms with Crippen LogP contribution in [0.15, 0.2) is 6.07 Å². The van der Waals surface area contributed by atoms with Crippen molar-refractivity contribution in [2.75, 3.05) is 23.7 Å². The molecule has 2 rings (SSSR count). The summed E-state index contributed by atoms with van der Waals surface area (Å²) in [4.78, 5) is 3.98. The third kappa shape index (κ3) is 2.96. The maximum Gasteiger partial charge on any atom is 0.168 e. The molecule has 1 aliphatic rings. The summed E-state index contributed by atoms with van der Waals surface area (Å²) >= 11 is 0. The van der Waals surface area contributed by atoms with Gasteiger partial charge in [0.1, 0.15) is 0 Å². The van der Waals surface area contributed by atoms with E-state index in [1.165, 1.54) is 0 Å². The van der Waals surface area contributed by atoms with Crippen LogP contribution in [0, 0.1) is 23.0 Å². The molecular formula is C14H21F2N3. The van der Waals surface area contributed by atoms with Gasteiger partial charge in [0.15, 0.2) is 23.3 Å². The Hall–Kier alpha value is -1.39. The van der Waals surface area contributed by atoms with Crippen LogP contribution in [0.3, 0.4) is 0 Å². The molecule has 0 unspecified atom stereocenters. The van der Waals surface area contributed by atoms with Crippen molar-refractivity contribution < 1.29 is 8.78 Å². The van der Waals surface area contributed by atoms with Gasteiger partial charge < -0.3 is 10.6 Å². The first-order valence-electron chi connectivity index (χ1n) is 6.82. The van der Waals surface area contributed by atoms with Gasteiger partial charge in [0.25, 0.3) is 0 Å². The SMILES string of the molecule is CCNc1nc(NCC2(C(C)C)CC2)c(F)cc1F. The number of nitrogens with one attached hydrogen (secondary N) is 2. The van der Waals surface area contributed by atoms with Crippen LogP contribution in [-0.4, -0.2) is 18.1 Å². The second-order valence-electron chi connectivity index (χ2n) is 5.55. The van der Waals surface area contributed by atoms with Crippen LogP contribution < -0.4 is 10.6 Å². The standard InChI is InChI=1S/C14H21F2N3/c1-4-17-12-10(15)7-11(16)13(19-12)18-8-14(5-6-14)9(2)3/h7,9H,4-6,8H2,1-3H3,(H2,17,18,19). The van der Waals surface area contributed by atoms with Gasteiger partial charge in [-0.3, -0.25) is 0 Å². The molecule has 0 bridgehead atoms. The number of halogens is 2. The molecule has 0 aliphatic heterocycles. The van der Waals surface area contributed by atoms with Gasteiger partial charge in [0, 0.05) is 19.2 Å². The molecule has 106 valence electrons. The molecule has 0 amide bonds. The van der Waals surface area contributed by atoms with Gasteiger partial charge in [-0.1, -0.05) is 13.8 Å². The predicted octanol–water partition coefficient (Wildman–Crippen LogP) is 3.64. The first-order chi connectivity index (χ1) is 8.98. The zero-order valence-electron chi connectivity index (χ0n) is 11.7. The average molecular weight is 269 g/mol. The number of nitrogens with zero attached hydrogens (tertiary/aromatic N) is 1. The summed E-state index contributed by atoms with van der Waals surface area (Å²) in [7, 11) is 0. The molecule has 1 aromatic heterocycles. The number of hydrogen-bond acceptors (Lipinski definition) is 3. The Bertz CT molecular complexity index is 456. The number of anilines is 2. The van der Waals surface area contributed by atoms with Gasteiger partial charge >= 0.3 is 0 Å². The first kappa shape index (κ1) is 14.0. The van der Waals surface area contributed by atoms with Crippen molar-refractivity contribution in [2.24, 2.45) is 11.3 Å². The minimum atomic E-state index is -0.658. The lowest BCUT2D eigenvalue weighted by Crippen LogP contribution is -2.22. The van der Waals surface area contributed by atoms with Crippen molar-refractivity contribution in [1.29, 1.82) is 0 Å². The van der Waals surface area contributed by atoms with E-state index < -0.39 is 11.6 Å². The van der Waals surface area contributed by atoms with E-state index in [0.717, 1.165) is 18.9 Å². The zero-order chi connectivity index (χ0) is 14.0. The van der Waals surface area contributed by atoms with Crippen molar-refractivity contribution in [2.45, 2.75) is 33.6 Å². The number of pyridine rings is 1. The Kier molecular flexibility index (Phi) is 3.92. The maximum atomic E-state index is 13.7. The van der Waals surface area contributed by atoms with Crippen molar-refractivity contribution in [3.8, 4) is 0 Å². The maximum absolute atomic E-state index is 13.7. The Morgan fingerprint density at radius 1 is 1.21 bits per heavy atom. The Morgan fingerprint density at radius 2 is 1.79 bits per heavy atom. The topological polar surface area (TPSA) is 37.0 Å². The van der Waals surface area contributed by atoms with Crippen LogP contribution in [0.5, 0.6) is 0 Å². The molecule has 0 saturated heterocycles. The Morgan fingerprint density at radius 3 is 2.26 bits per heavy atom. The molecule has 1 fully saturated rings. The number of rotatable bonds is 6. The number of aromatic nitrogens is 1. The second kappa shape index (κ2) is 5.31. The van der Waals surface area contributed by atoms with Crippen LogP contribution in [0.2, 0.25) is 0 Å². The minimum absolute atomic E-state index is 0.0980. The van der Waals surface area contributed by atoms with E-state index >= 15 is 0 Å². The fraction of sp³-hybridized carbons (Fsp3) is 0.643. The quantitative estimate of drug-likeness (QED) is 0.828. The van der Waals surface area contributed by atoms with Gasteiger partial charge in [-0.2, -0.15) is 0 Å². The summed E-state index contributed by atoms with van der Waals surface area (Å²) in [6.45, 7) is 7.42. The van der Waals surface area contributed by atoms with Crippen molar-refractivity contribution in [3.05, 3.63) is 17.7 Å². The highest BCUT2D eigenvalue weighted by Crippen LogP contribution is 2.51. The van der Waals surface area contributed by atoms with Gasteiger partial charge in [0.2, 0.25) is 0 Å². The molecule has 2 N–H and O–H groups in total. The van der Waals surface area contributed by atoms with E-state index in [1.54, 1.807) is 0 Å². The molecule has 0 radical (unpaired) electrons. The first-order valence-corrected chi connectivity index (χ1v) is 6.82. The Labute approximate surface area is 112 Å². The van der Waals surface area contributed by atoms with E-state index in [2.05, 4.69) is 29.5 Å². The largest absolute Gasteiger partial charge is 0.368 e. The molecule has 0 aromatic carbocycles. The molecule has 1 heterocycles. The molecular weight excluding hydrogens is 248 g/mol. The van der Waals surface area contributed by atoms with Crippen molar-refractivity contribution in [1.82, 2.24) is 4.98 Å². The van der Waals surface area contributed by atoms with Gasteiger partial charge in [-0.15, -0.1) is 0 Å². The van der Waals surface area contributed by atoms with Crippen LogP contribution in [0.25, 0.3) is 0 Å². The van der Waals surface area contributed by atoms with Crippen LogP contribution in [0.1, 0.15) is 33.6 Å². The lowest BCUT2D eigenvalue weighted by Gasteiger charge is -2.20. The summed E-state index contributed by atoms with van der Waals surface area (Å²) < 4.78 is 27.1. The summed E-state index contributed by atoms with van der Waals surface area (Å²) in [5, 5.41) is 5.82. The fourth-order valence-corrected chi connectivity index (χ4v) is 2.26. The third-order valence-electron chi connectivity index (χ3n) is 4.00. The molecule has 0 atom stereocenters. The zero-order valence-corrected chi connectivity index (χ0v) is 11.7.